The Morgan fingerprint density at radius 3 is 3.00 bits per heavy atom. The highest BCUT2D eigenvalue weighted by atomic mass is 79.9. The molecule has 0 bridgehead atoms. The maximum Gasteiger partial charge on any atom is 0.307 e. The van der Waals surface area contributed by atoms with Gasteiger partial charge in [0, 0.05) is 12.4 Å². The molecule has 0 saturated heterocycles. The SMILES string of the molecule is Cn1nc(Br)c2c(CC(=O)O)cccc21. The molecule has 78 valence electrons. The van der Waals surface area contributed by atoms with Crippen LogP contribution in [0.25, 0.3) is 10.9 Å². The van der Waals surface area contributed by atoms with Crippen molar-refractivity contribution in [2.75, 3.05) is 0 Å². The number of hydrogen-bond acceptors (Lipinski definition) is 2. The molecule has 0 spiro atoms. The summed E-state index contributed by atoms with van der Waals surface area (Å²) in [5, 5.41) is 13.9. The third kappa shape index (κ3) is 1.74. The van der Waals surface area contributed by atoms with Gasteiger partial charge in [0.25, 0.3) is 0 Å². The van der Waals surface area contributed by atoms with Crippen LogP contribution in [-0.2, 0) is 18.3 Å². The summed E-state index contributed by atoms with van der Waals surface area (Å²) in [6.07, 6.45) is 0.0155. The summed E-state index contributed by atoms with van der Waals surface area (Å²) in [4.78, 5) is 10.7. The van der Waals surface area contributed by atoms with Crippen molar-refractivity contribution in [3.8, 4) is 0 Å². The summed E-state index contributed by atoms with van der Waals surface area (Å²) in [6.45, 7) is 0. The molecule has 0 aliphatic carbocycles. The number of benzene rings is 1. The van der Waals surface area contributed by atoms with Gasteiger partial charge in [-0.15, -0.1) is 0 Å². The number of carboxylic acid groups (broad SMARTS) is 1. The molecule has 0 fully saturated rings. The monoisotopic (exact) mass is 268 g/mol. The number of halogens is 1. The molecule has 0 aliphatic rings. The summed E-state index contributed by atoms with van der Waals surface area (Å²) < 4.78 is 2.42. The van der Waals surface area contributed by atoms with Gasteiger partial charge >= 0.3 is 5.97 Å². The Kier molecular flexibility index (Phi) is 2.48. The molecule has 0 saturated carbocycles. The molecule has 1 aromatic heterocycles. The average molecular weight is 269 g/mol. The van der Waals surface area contributed by atoms with Crippen LogP contribution in [0.15, 0.2) is 22.8 Å². The molecule has 0 radical (unpaired) electrons. The van der Waals surface area contributed by atoms with Crippen molar-refractivity contribution in [1.29, 1.82) is 0 Å². The van der Waals surface area contributed by atoms with Crippen LogP contribution < -0.4 is 0 Å². The molecule has 5 heteroatoms. The number of aromatic nitrogens is 2. The van der Waals surface area contributed by atoms with E-state index in [1.165, 1.54) is 0 Å². The van der Waals surface area contributed by atoms with Crippen LogP contribution in [0.4, 0.5) is 0 Å². The molecule has 4 nitrogen and oxygen atoms in total. The minimum atomic E-state index is -0.835. The van der Waals surface area contributed by atoms with Crippen LogP contribution in [-0.4, -0.2) is 20.9 Å². The van der Waals surface area contributed by atoms with Crippen molar-refractivity contribution in [2.24, 2.45) is 7.05 Å². The van der Waals surface area contributed by atoms with Gasteiger partial charge in [0.05, 0.1) is 11.9 Å². The first-order chi connectivity index (χ1) is 7.09. The van der Waals surface area contributed by atoms with Gasteiger partial charge in [-0.05, 0) is 27.6 Å². The van der Waals surface area contributed by atoms with Gasteiger partial charge in [0.15, 0.2) is 0 Å². The molecule has 2 aromatic rings. The first-order valence-corrected chi connectivity index (χ1v) is 5.21. The molecule has 1 N–H and O–H groups in total. The number of rotatable bonds is 2. The van der Waals surface area contributed by atoms with Crippen LogP contribution in [0.2, 0.25) is 0 Å². The summed E-state index contributed by atoms with van der Waals surface area (Å²) in [5.41, 5.74) is 1.71. The Bertz CT molecular complexity index is 533. The molecule has 2 rings (SSSR count). The van der Waals surface area contributed by atoms with Crippen molar-refractivity contribution < 1.29 is 9.90 Å². The lowest BCUT2D eigenvalue weighted by Crippen LogP contribution is -2.00. The van der Waals surface area contributed by atoms with E-state index in [-0.39, 0.29) is 6.42 Å². The first-order valence-electron chi connectivity index (χ1n) is 4.41. The van der Waals surface area contributed by atoms with E-state index >= 15 is 0 Å². The summed E-state index contributed by atoms with van der Waals surface area (Å²) in [7, 11) is 1.83. The number of fused-ring (bicyclic) bond motifs is 1. The number of aliphatic carboxylic acids is 1. The highest BCUT2D eigenvalue weighted by molar-refractivity contribution is 9.10. The summed E-state index contributed by atoms with van der Waals surface area (Å²) in [6, 6.07) is 5.57. The molecular formula is C10H9BrN2O2. The Morgan fingerprint density at radius 1 is 1.60 bits per heavy atom. The second-order valence-corrected chi connectivity index (χ2v) is 4.05. The zero-order chi connectivity index (χ0) is 11.0. The quantitative estimate of drug-likeness (QED) is 0.906. The summed E-state index contributed by atoms with van der Waals surface area (Å²) in [5.74, 6) is -0.835. The molecule has 0 aliphatic heterocycles. The van der Waals surface area contributed by atoms with Gasteiger partial charge in [0.2, 0.25) is 0 Å². The van der Waals surface area contributed by atoms with E-state index in [0.29, 0.717) is 4.60 Å². The number of hydrogen-bond donors (Lipinski definition) is 1. The van der Waals surface area contributed by atoms with Crippen LogP contribution in [0.1, 0.15) is 5.56 Å². The highest BCUT2D eigenvalue weighted by Crippen LogP contribution is 2.26. The third-order valence-corrected chi connectivity index (χ3v) is 2.82. The van der Waals surface area contributed by atoms with Crippen molar-refractivity contribution in [2.45, 2.75) is 6.42 Å². The number of carbonyl (C=O) groups is 1. The smallest absolute Gasteiger partial charge is 0.307 e. The molecule has 0 atom stereocenters. The van der Waals surface area contributed by atoms with E-state index in [1.54, 1.807) is 4.68 Å². The van der Waals surface area contributed by atoms with Crippen molar-refractivity contribution in [3.63, 3.8) is 0 Å². The van der Waals surface area contributed by atoms with Gasteiger partial charge in [-0.25, -0.2) is 0 Å². The van der Waals surface area contributed by atoms with Crippen molar-refractivity contribution >= 4 is 32.8 Å². The second kappa shape index (κ2) is 3.66. The molecule has 0 amide bonds. The first kappa shape index (κ1) is 10.2. The van der Waals surface area contributed by atoms with Crippen molar-refractivity contribution in [1.82, 2.24) is 9.78 Å². The van der Waals surface area contributed by atoms with E-state index in [9.17, 15) is 4.79 Å². The average Bonchev–Trinajstić information content (AvgIpc) is 2.43. The fraction of sp³-hybridized carbons (Fsp3) is 0.200. The second-order valence-electron chi connectivity index (χ2n) is 3.30. The van der Waals surface area contributed by atoms with Crippen LogP contribution in [0.5, 0.6) is 0 Å². The van der Waals surface area contributed by atoms with E-state index in [1.807, 2.05) is 25.2 Å². The Morgan fingerprint density at radius 2 is 2.33 bits per heavy atom. The number of nitrogens with zero attached hydrogens (tertiary/aromatic N) is 2. The molecular weight excluding hydrogens is 260 g/mol. The van der Waals surface area contributed by atoms with E-state index in [0.717, 1.165) is 16.5 Å². The maximum absolute atomic E-state index is 10.7. The Hall–Kier alpha value is -1.36. The molecule has 1 aromatic carbocycles. The van der Waals surface area contributed by atoms with Gasteiger partial charge in [-0.3, -0.25) is 9.48 Å². The predicted molar refractivity (Wildman–Crippen MR) is 59.8 cm³/mol. The minimum absolute atomic E-state index is 0.0155. The number of carboxylic acids is 1. The third-order valence-electron chi connectivity index (χ3n) is 2.26. The standard InChI is InChI=1S/C10H9BrN2O2/c1-13-7-4-2-3-6(5-8(14)15)9(7)10(11)12-13/h2-4H,5H2,1H3,(H,14,15). The van der Waals surface area contributed by atoms with E-state index in [2.05, 4.69) is 21.0 Å². The van der Waals surface area contributed by atoms with Crippen LogP contribution in [0, 0.1) is 0 Å². The van der Waals surface area contributed by atoms with Gasteiger partial charge in [0.1, 0.15) is 4.60 Å². The largest absolute Gasteiger partial charge is 0.481 e. The lowest BCUT2D eigenvalue weighted by molar-refractivity contribution is -0.136. The topological polar surface area (TPSA) is 55.1 Å². The normalized spacial score (nSPS) is 10.8. The molecule has 15 heavy (non-hydrogen) atoms. The van der Waals surface area contributed by atoms with E-state index < -0.39 is 5.97 Å². The lowest BCUT2D eigenvalue weighted by Gasteiger charge is -2.00. The zero-order valence-electron chi connectivity index (χ0n) is 8.07. The fourth-order valence-electron chi connectivity index (χ4n) is 1.64. The number of aryl methyl sites for hydroxylation is 1. The van der Waals surface area contributed by atoms with Gasteiger partial charge in [-0.1, -0.05) is 12.1 Å². The van der Waals surface area contributed by atoms with Crippen LogP contribution >= 0.6 is 15.9 Å². The van der Waals surface area contributed by atoms with E-state index in [4.69, 9.17) is 5.11 Å². The fourth-order valence-corrected chi connectivity index (χ4v) is 2.34. The van der Waals surface area contributed by atoms with Crippen LogP contribution in [0.3, 0.4) is 0 Å². The lowest BCUT2D eigenvalue weighted by atomic mass is 10.1. The van der Waals surface area contributed by atoms with Crippen molar-refractivity contribution in [3.05, 3.63) is 28.4 Å². The Balaban J connectivity index is 2.69. The molecule has 0 unspecified atom stereocenters. The summed E-state index contributed by atoms with van der Waals surface area (Å²) >= 11 is 3.33. The Labute approximate surface area is 94.6 Å². The maximum atomic E-state index is 10.7. The minimum Gasteiger partial charge on any atom is -0.481 e. The predicted octanol–water partition coefficient (Wildman–Crippen LogP) is 1.96. The zero-order valence-corrected chi connectivity index (χ0v) is 9.65. The van der Waals surface area contributed by atoms with Gasteiger partial charge in [-0.2, -0.15) is 5.10 Å². The van der Waals surface area contributed by atoms with Gasteiger partial charge < -0.3 is 5.11 Å². The molecule has 1 heterocycles. The highest BCUT2D eigenvalue weighted by Gasteiger charge is 2.12.